The van der Waals surface area contributed by atoms with Crippen LogP contribution in [0.1, 0.15) is 28.3 Å². The van der Waals surface area contributed by atoms with E-state index in [1.807, 2.05) is 0 Å². The Kier molecular flexibility index (Phi) is 3.30. The van der Waals surface area contributed by atoms with Crippen molar-refractivity contribution in [1.29, 1.82) is 0 Å². The Morgan fingerprint density at radius 2 is 1.82 bits per heavy atom. The predicted octanol–water partition coefficient (Wildman–Crippen LogP) is 2.67. The maximum absolute atomic E-state index is 6.47. The van der Waals surface area contributed by atoms with Gasteiger partial charge in [0.25, 0.3) is 0 Å². The van der Waals surface area contributed by atoms with E-state index in [4.69, 9.17) is 4.74 Å². The zero-order valence-corrected chi connectivity index (χ0v) is 13.2. The summed E-state index contributed by atoms with van der Waals surface area (Å²) in [7, 11) is 4.16. The number of ether oxygens (including phenoxy) is 1. The molecule has 3 heteroatoms. The minimum Gasteiger partial charge on any atom is -0.351 e. The average molecular weight is 294 g/mol. The first-order chi connectivity index (χ1) is 10.7. The van der Waals surface area contributed by atoms with E-state index in [-0.39, 0.29) is 0 Å². The van der Waals surface area contributed by atoms with E-state index in [1.54, 1.807) is 0 Å². The number of nitrogens with one attached hydrogen (secondary N) is 1. The number of nitrogens with zero attached hydrogens (tertiary/aromatic N) is 1. The third-order valence-corrected chi connectivity index (χ3v) is 4.77. The Labute approximate surface area is 131 Å². The molecule has 2 bridgehead atoms. The molecular formula is C19H22N2O. The second-order valence-corrected chi connectivity index (χ2v) is 6.48. The van der Waals surface area contributed by atoms with E-state index in [0.29, 0.717) is 12.6 Å². The predicted molar refractivity (Wildman–Crippen MR) is 87.8 cm³/mol. The van der Waals surface area contributed by atoms with E-state index < -0.39 is 5.72 Å². The normalized spacial score (nSPS) is 25.1. The van der Waals surface area contributed by atoms with Gasteiger partial charge in [0, 0.05) is 23.7 Å². The largest absolute Gasteiger partial charge is 0.351 e. The van der Waals surface area contributed by atoms with Crippen molar-refractivity contribution in [3.63, 3.8) is 0 Å². The molecule has 22 heavy (non-hydrogen) atoms. The summed E-state index contributed by atoms with van der Waals surface area (Å²) in [5.41, 5.74) is 4.85. The molecule has 2 heterocycles. The Morgan fingerprint density at radius 3 is 2.64 bits per heavy atom. The molecule has 0 radical (unpaired) electrons. The molecule has 1 N–H and O–H groups in total. The quantitative estimate of drug-likeness (QED) is 0.938. The summed E-state index contributed by atoms with van der Waals surface area (Å²) in [6.07, 6.45) is 1.03. The molecular weight excluding hydrogens is 272 g/mol. The number of hydrogen-bond acceptors (Lipinski definition) is 3. The SMILES string of the molecule is CN(C)CCOC12NC(Cc3ccccc31)c1ccccc12. The van der Waals surface area contributed by atoms with E-state index in [2.05, 4.69) is 72.8 Å². The summed E-state index contributed by atoms with van der Waals surface area (Å²) < 4.78 is 6.47. The van der Waals surface area contributed by atoms with E-state index >= 15 is 0 Å². The third kappa shape index (κ3) is 2.01. The van der Waals surface area contributed by atoms with Crippen LogP contribution < -0.4 is 5.32 Å². The van der Waals surface area contributed by atoms with Crippen LogP contribution in [0.2, 0.25) is 0 Å². The van der Waals surface area contributed by atoms with Crippen LogP contribution in [0, 0.1) is 0 Å². The van der Waals surface area contributed by atoms with Crippen LogP contribution in [-0.2, 0) is 16.9 Å². The molecule has 3 nitrogen and oxygen atoms in total. The highest BCUT2D eigenvalue weighted by Crippen LogP contribution is 2.48. The van der Waals surface area contributed by atoms with Crippen LogP contribution in [0.15, 0.2) is 48.5 Å². The zero-order chi connectivity index (χ0) is 15.2. The fourth-order valence-corrected chi connectivity index (χ4v) is 3.75. The van der Waals surface area contributed by atoms with Crippen LogP contribution in [0.25, 0.3) is 0 Å². The molecule has 2 unspecified atom stereocenters. The first-order valence-corrected chi connectivity index (χ1v) is 7.95. The van der Waals surface area contributed by atoms with Crippen molar-refractivity contribution < 1.29 is 4.74 Å². The molecule has 4 rings (SSSR count). The minimum absolute atomic E-state index is 0.352. The second kappa shape index (κ2) is 5.20. The van der Waals surface area contributed by atoms with Gasteiger partial charge in [0.2, 0.25) is 0 Å². The van der Waals surface area contributed by atoms with Crippen molar-refractivity contribution in [2.45, 2.75) is 18.2 Å². The summed E-state index contributed by atoms with van der Waals surface area (Å²) in [5.74, 6) is 0. The lowest BCUT2D eigenvalue weighted by molar-refractivity contribution is -0.0513. The van der Waals surface area contributed by atoms with Crippen LogP contribution in [0.3, 0.4) is 0 Å². The molecule has 0 fully saturated rings. The van der Waals surface area contributed by atoms with Crippen molar-refractivity contribution in [3.8, 4) is 0 Å². The standard InChI is InChI=1S/C19H22N2O/c1-21(2)11-12-22-19-16-9-5-3-7-14(16)13-18(20-19)15-8-4-6-10-17(15)19/h3-10,18,20H,11-13H2,1-2H3. The van der Waals surface area contributed by atoms with Gasteiger partial charge < -0.3 is 9.64 Å². The molecule has 2 aromatic carbocycles. The molecule has 0 saturated heterocycles. The molecule has 0 aliphatic carbocycles. The highest BCUT2D eigenvalue weighted by Gasteiger charge is 2.49. The number of benzene rings is 2. The van der Waals surface area contributed by atoms with Crippen LogP contribution >= 0.6 is 0 Å². The Morgan fingerprint density at radius 1 is 1.09 bits per heavy atom. The Hall–Kier alpha value is -1.68. The maximum atomic E-state index is 6.47. The van der Waals surface area contributed by atoms with Gasteiger partial charge in [0.05, 0.1) is 6.61 Å². The smallest absolute Gasteiger partial charge is 0.172 e. The van der Waals surface area contributed by atoms with Gasteiger partial charge in [-0.15, -0.1) is 0 Å². The number of fused-ring (bicyclic) bond motifs is 7. The van der Waals surface area contributed by atoms with Gasteiger partial charge >= 0.3 is 0 Å². The highest BCUT2D eigenvalue weighted by atomic mass is 16.5. The lowest BCUT2D eigenvalue weighted by Crippen LogP contribution is -2.47. The van der Waals surface area contributed by atoms with Crippen molar-refractivity contribution in [3.05, 3.63) is 70.8 Å². The summed E-state index contributed by atoms with van der Waals surface area (Å²) in [4.78, 5) is 2.16. The fourth-order valence-electron chi connectivity index (χ4n) is 3.75. The maximum Gasteiger partial charge on any atom is 0.172 e. The summed E-state index contributed by atoms with van der Waals surface area (Å²) in [6.45, 7) is 1.62. The molecule has 2 aromatic rings. The van der Waals surface area contributed by atoms with Gasteiger partial charge in [-0.2, -0.15) is 0 Å². The lowest BCUT2D eigenvalue weighted by Gasteiger charge is -2.37. The van der Waals surface area contributed by atoms with Gasteiger partial charge in [-0.05, 0) is 31.6 Å². The lowest BCUT2D eigenvalue weighted by atomic mass is 9.90. The Bertz CT molecular complexity index is 684. The first kappa shape index (κ1) is 13.9. The van der Waals surface area contributed by atoms with Crippen LogP contribution in [0.4, 0.5) is 0 Å². The molecule has 114 valence electrons. The summed E-state index contributed by atoms with van der Waals surface area (Å²) in [5, 5.41) is 3.76. The van der Waals surface area contributed by atoms with Gasteiger partial charge in [-0.25, -0.2) is 0 Å². The second-order valence-electron chi connectivity index (χ2n) is 6.48. The zero-order valence-electron chi connectivity index (χ0n) is 13.2. The van der Waals surface area contributed by atoms with Crippen LogP contribution in [-0.4, -0.2) is 32.1 Å². The van der Waals surface area contributed by atoms with Gasteiger partial charge in [0.1, 0.15) is 0 Å². The molecule has 2 atom stereocenters. The van der Waals surface area contributed by atoms with E-state index in [1.165, 1.54) is 22.3 Å². The molecule has 2 aliphatic heterocycles. The van der Waals surface area contributed by atoms with Gasteiger partial charge in [-0.3, -0.25) is 5.32 Å². The molecule has 0 spiro atoms. The number of hydrogen-bond donors (Lipinski definition) is 1. The topological polar surface area (TPSA) is 24.5 Å². The van der Waals surface area contributed by atoms with Gasteiger partial charge in [-0.1, -0.05) is 48.5 Å². The monoisotopic (exact) mass is 294 g/mol. The summed E-state index contributed by atoms with van der Waals surface area (Å²) >= 11 is 0. The minimum atomic E-state index is -0.480. The van der Waals surface area contributed by atoms with Crippen LogP contribution in [0.5, 0.6) is 0 Å². The molecule has 0 saturated carbocycles. The van der Waals surface area contributed by atoms with E-state index in [9.17, 15) is 0 Å². The van der Waals surface area contributed by atoms with Crippen molar-refractivity contribution in [2.24, 2.45) is 0 Å². The molecule has 0 aromatic heterocycles. The van der Waals surface area contributed by atoms with Crippen molar-refractivity contribution in [2.75, 3.05) is 27.2 Å². The highest BCUT2D eigenvalue weighted by molar-refractivity contribution is 5.53. The van der Waals surface area contributed by atoms with Gasteiger partial charge in [0.15, 0.2) is 5.72 Å². The Balaban J connectivity index is 1.81. The molecule has 2 aliphatic rings. The first-order valence-electron chi connectivity index (χ1n) is 7.95. The third-order valence-electron chi connectivity index (χ3n) is 4.77. The number of likely N-dealkylation sites (N-methyl/N-ethyl adjacent to an activating group) is 1. The average Bonchev–Trinajstić information content (AvgIpc) is 2.78. The van der Waals surface area contributed by atoms with Crippen molar-refractivity contribution in [1.82, 2.24) is 10.2 Å². The number of rotatable bonds is 4. The molecule has 0 amide bonds. The summed E-state index contributed by atoms with van der Waals surface area (Å²) in [6, 6.07) is 17.7. The van der Waals surface area contributed by atoms with Crippen molar-refractivity contribution >= 4 is 0 Å². The fraction of sp³-hybridized carbons (Fsp3) is 0.368. The van der Waals surface area contributed by atoms with E-state index in [0.717, 1.165) is 13.0 Å².